The smallest absolute Gasteiger partial charge is 0.240 e. The predicted octanol–water partition coefficient (Wildman–Crippen LogP) is 3.88. The van der Waals surface area contributed by atoms with Crippen molar-refractivity contribution < 1.29 is 13.5 Å². The third-order valence-corrected chi connectivity index (χ3v) is 8.83. The van der Waals surface area contributed by atoms with Crippen LogP contribution in [-0.4, -0.2) is 73.9 Å². The number of aromatic nitrogens is 2. The van der Waals surface area contributed by atoms with E-state index in [1.807, 2.05) is 42.5 Å². The third kappa shape index (κ3) is 5.54. The van der Waals surface area contributed by atoms with Crippen LogP contribution in [0, 0.1) is 5.92 Å². The third-order valence-electron chi connectivity index (χ3n) is 7.40. The zero-order chi connectivity index (χ0) is 27.0. The molecule has 0 atom stereocenters. The fourth-order valence-electron chi connectivity index (χ4n) is 4.85. The minimum atomic E-state index is -3.69. The fraction of sp³-hybridized carbons (Fsp3) is 0.310. The largest absolute Gasteiger partial charge is 0.494 e. The van der Waals surface area contributed by atoms with Gasteiger partial charge in [-0.05, 0) is 56.1 Å². The lowest BCUT2D eigenvalue weighted by Gasteiger charge is -2.33. The summed E-state index contributed by atoms with van der Waals surface area (Å²) in [6.07, 6.45) is 3.85. The van der Waals surface area contributed by atoms with E-state index in [4.69, 9.17) is 4.99 Å². The van der Waals surface area contributed by atoms with Crippen LogP contribution >= 0.6 is 0 Å². The number of pyridine rings is 1. The van der Waals surface area contributed by atoms with E-state index in [0.29, 0.717) is 40.3 Å². The maximum atomic E-state index is 13.0. The SMILES string of the molecule is CN1CCN(c2ccc(N=C(c3ccccc3)c3c(O)[nH]c4ccc(S(=O)(=O)NCC5CC5)cc34)cn2)CC1. The summed E-state index contributed by atoms with van der Waals surface area (Å²) in [4.78, 5) is 17.3. The van der Waals surface area contributed by atoms with Crippen LogP contribution in [-0.2, 0) is 10.0 Å². The van der Waals surface area contributed by atoms with E-state index in [0.717, 1.165) is 50.4 Å². The molecule has 4 aromatic rings. The lowest BCUT2D eigenvalue weighted by molar-refractivity contribution is 0.312. The first-order chi connectivity index (χ1) is 18.9. The first-order valence-corrected chi connectivity index (χ1v) is 14.7. The zero-order valence-electron chi connectivity index (χ0n) is 21.8. The van der Waals surface area contributed by atoms with Gasteiger partial charge in [0.05, 0.1) is 28.1 Å². The molecule has 9 nitrogen and oxygen atoms in total. The lowest BCUT2D eigenvalue weighted by atomic mass is 10.0. The molecule has 0 bridgehead atoms. The predicted molar refractivity (Wildman–Crippen MR) is 154 cm³/mol. The van der Waals surface area contributed by atoms with Crippen molar-refractivity contribution in [2.45, 2.75) is 17.7 Å². The highest BCUT2D eigenvalue weighted by Crippen LogP contribution is 2.33. The first-order valence-electron chi connectivity index (χ1n) is 13.3. The lowest BCUT2D eigenvalue weighted by Crippen LogP contribution is -2.44. The van der Waals surface area contributed by atoms with E-state index in [9.17, 15) is 13.5 Å². The van der Waals surface area contributed by atoms with Gasteiger partial charge >= 0.3 is 0 Å². The number of anilines is 1. The molecule has 1 saturated carbocycles. The molecule has 1 aliphatic carbocycles. The van der Waals surface area contributed by atoms with Crippen LogP contribution in [0.15, 0.2) is 76.7 Å². The molecule has 2 fully saturated rings. The number of hydrogen-bond donors (Lipinski definition) is 3. The van der Waals surface area contributed by atoms with E-state index in [1.54, 1.807) is 24.4 Å². The summed E-state index contributed by atoms with van der Waals surface area (Å²) in [5, 5.41) is 11.6. The van der Waals surface area contributed by atoms with Gasteiger partial charge in [0.2, 0.25) is 10.0 Å². The molecule has 0 amide bonds. The highest BCUT2D eigenvalue weighted by Gasteiger charge is 2.26. The molecule has 6 rings (SSSR count). The van der Waals surface area contributed by atoms with Crippen LogP contribution in [0.5, 0.6) is 5.88 Å². The van der Waals surface area contributed by atoms with Crippen molar-refractivity contribution in [3.05, 3.63) is 78.0 Å². The topological polar surface area (TPSA) is 114 Å². The van der Waals surface area contributed by atoms with Gasteiger partial charge in [0, 0.05) is 49.2 Å². The summed E-state index contributed by atoms with van der Waals surface area (Å²) in [5.41, 5.74) is 3.01. The Kier molecular flexibility index (Phi) is 6.84. The number of nitrogens with one attached hydrogen (secondary N) is 2. The van der Waals surface area contributed by atoms with Crippen molar-refractivity contribution in [1.29, 1.82) is 0 Å². The number of fused-ring (bicyclic) bond motifs is 1. The van der Waals surface area contributed by atoms with Gasteiger partial charge in [-0.3, -0.25) is 0 Å². The van der Waals surface area contributed by atoms with Crippen LogP contribution in [0.3, 0.4) is 0 Å². The number of H-pyrrole nitrogens is 1. The van der Waals surface area contributed by atoms with Gasteiger partial charge in [0.25, 0.3) is 0 Å². The number of piperazine rings is 1. The number of likely N-dealkylation sites (N-methyl/N-ethyl adjacent to an activating group) is 1. The van der Waals surface area contributed by atoms with Gasteiger partial charge in [-0.2, -0.15) is 0 Å². The summed E-state index contributed by atoms with van der Waals surface area (Å²) in [6, 6.07) is 18.3. The number of hydrogen-bond acceptors (Lipinski definition) is 7. The standard InChI is InChI=1S/C29H32N6O3S/c1-34-13-15-35(16-14-34)26-12-9-22(19-30-26)32-28(21-5-3-2-4-6-21)27-24-17-23(10-11-25(24)33-29(27)36)39(37,38)31-18-20-7-8-20/h2-6,9-12,17,19-20,31,33,36H,7-8,13-16,18H2,1H3. The van der Waals surface area contributed by atoms with E-state index in [-0.39, 0.29) is 10.8 Å². The van der Waals surface area contributed by atoms with E-state index in [2.05, 4.69) is 31.5 Å². The average Bonchev–Trinajstić information content (AvgIpc) is 3.73. The van der Waals surface area contributed by atoms with Crippen molar-refractivity contribution in [1.82, 2.24) is 19.6 Å². The van der Waals surface area contributed by atoms with Crippen molar-refractivity contribution in [3.8, 4) is 5.88 Å². The van der Waals surface area contributed by atoms with Crippen molar-refractivity contribution in [3.63, 3.8) is 0 Å². The van der Waals surface area contributed by atoms with Gasteiger partial charge in [0.15, 0.2) is 5.88 Å². The number of aliphatic imine (C=N–C) groups is 1. The van der Waals surface area contributed by atoms with Crippen molar-refractivity contribution in [2.75, 3.05) is 44.7 Å². The summed E-state index contributed by atoms with van der Waals surface area (Å²) < 4.78 is 28.7. The second-order valence-electron chi connectivity index (χ2n) is 10.3. The Morgan fingerprint density at radius 2 is 1.85 bits per heavy atom. The molecule has 0 radical (unpaired) electrons. The maximum absolute atomic E-state index is 13.0. The summed E-state index contributed by atoms with van der Waals surface area (Å²) in [6.45, 7) is 4.27. The van der Waals surface area contributed by atoms with Gasteiger partial charge < -0.3 is 19.9 Å². The van der Waals surface area contributed by atoms with E-state index in [1.165, 1.54) is 0 Å². The van der Waals surface area contributed by atoms with Crippen LogP contribution in [0.1, 0.15) is 24.0 Å². The van der Waals surface area contributed by atoms with Crippen molar-refractivity contribution >= 4 is 38.1 Å². The number of rotatable bonds is 8. The Hall–Kier alpha value is -3.73. The number of aromatic hydroxyl groups is 1. The highest BCUT2D eigenvalue weighted by molar-refractivity contribution is 7.89. The number of sulfonamides is 1. The summed E-state index contributed by atoms with van der Waals surface area (Å²) >= 11 is 0. The quantitative estimate of drug-likeness (QED) is 0.290. The van der Waals surface area contributed by atoms with Gasteiger partial charge in [-0.1, -0.05) is 30.3 Å². The molecule has 0 unspecified atom stereocenters. The Labute approximate surface area is 228 Å². The minimum Gasteiger partial charge on any atom is -0.494 e. The highest BCUT2D eigenvalue weighted by atomic mass is 32.2. The van der Waals surface area contributed by atoms with Crippen LogP contribution < -0.4 is 9.62 Å². The molecule has 2 aliphatic rings. The molecule has 0 spiro atoms. The molecule has 3 heterocycles. The molecule has 2 aromatic carbocycles. The molecule has 202 valence electrons. The van der Waals surface area contributed by atoms with E-state index < -0.39 is 10.0 Å². The first kappa shape index (κ1) is 25.5. The van der Waals surface area contributed by atoms with Gasteiger partial charge in [-0.25, -0.2) is 23.1 Å². The molecule has 3 N–H and O–H groups in total. The second-order valence-corrected chi connectivity index (χ2v) is 12.1. The summed E-state index contributed by atoms with van der Waals surface area (Å²) in [7, 11) is -1.56. The molecule has 1 saturated heterocycles. The Balaban J connectivity index is 1.40. The normalized spacial score (nSPS) is 17.2. The number of nitrogens with zero attached hydrogens (tertiary/aromatic N) is 4. The molecular weight excluding hydrogens is 512 g/mol. The molecule has 2 aromatic heterocycles. The molecule has 1 aliphatic heterocycles. The molecule has 39 heavy (non-hydrogen) atoms. The van der Waals surface area contributed by atoms with Crippen LogP contribution in [0.2, 0.25) is 0 Å². The van der Waals surface area contributed by atoms with Crippen molar-refractivity contribution in [2.24, 2.45) is 10.9 Å². The molecular formula is C29H32N6O3S. The average molecular weight is 545 g/mol. The number of benzene rings is 2. The molecule has 10 heteroatoms. The van der Waals surface area contributed by atoms with E-state index >= 15 is 0 Å². The monoisotopic (exact) mass is 544 g/mol. The Bertz CT molecular complexity index is 1600. The summed E-state index contributed by atoms with van der Waals surface area (Å²) in [5.74, 6) is 1.25. The fourth-order valence-corrected chi connectivity index (χ4v) is 6.00. The maximum Gasteiger partial charge on any atom is 0.240 e. The number of aromatic amines is 1. The van der Waals surface area contributed by atoms with Crippen LogP contribution in [0.4, 0.5) is 11.5 Å². The Morgan fingerprint density at radius 1 is 1.08 bits per heavy atom. The zero-order valence-corrected chi connectivity index (χ0v) is 22.7. The van der Waals surface area contributed by atoms with Crippen LogP contribution in [0.25, 0.3) is 10.9 Å². The Morgan fingerprint density at radius 3 is 2.54 bits per heavy atom. The van der Waals surface area contributed by atoms with Gasteiger partial charge in [-0.15, -0.1) is 0 Å². The van der Waals surface area contributed by atoms with Gasteiger partial charge in [0.1, 0.15) is 5.82 Å². The minimum absolute atomic E-state index is 0.0740. The second kappa shape index (κ2) is 10.4.